The molecule has 1 fully saturated rings. The van der Waals surface area contributed by atoms with E-state index in [9.17, 15) is 13.6 Å². The van der Waals surface area contributed by atoms with Crippen LogP contribution in [0.25, 0.3) is 0 Å². The van der Waals surface area contributed by atoms with E-state index in [1.165, 1.54) is 18.9 Å². The zero-order valence-corrected chi connectivity index (χ0v) is 14.2. The maximum atomic E-state index is 13.3. The molecule has 23 heavy (non-hydrogen) atoms. The van der Waals surface area contributed by atoms with Gasteiger partial charge in [-0.25, -0.2) is 8.78 Å². The Balaban J connectivity index is 2.01. The molecule has 0 aliphatic carbocycles. The minimum absolute atomic E-state index is 0.0612. The molecule has 1 atom stereocenters. The second kappa shape index (κ2) is 7.86. The Hall–Kier alpha value is -1.49. The quantitative estimate of drug-likeness (QED) is 0.803. The van der Waals surface area contributed by atoms with Crippen molar-refractivity contribution in [2.45, 2.75) is 39.2 Å². The summed E-state index contributed by atoms with van der Waals surface area (Å²) in [5.74, 6) is -1.51. The molecule has 0 aromatic heterocycles. The second-order valence-corrected chi connectivity index (χ2v) is 6.75. The summed E-state index contributed by atoms with van der Waals surface area (Å²) in [6.45, 7) is 7.28. The summed E-state index contributed by atoms with van der Waals surface area (Å²) in [6, 6.07) is 3.77. The van der Waals surface area contributed by atoms with Crippen molar-refractivity contribution < 1.29 is 13.6 Å². The molecule has 0 bridgehead atoms. The third-order valence-electron chi connectivity index (χ3n) is 4.64. The molecule has 1 aliphatic rings. The third-order valence-corrected chi connectivity index (χ3v) is 4.64. The van der Waals surface area contributed by atoms with Crippen molar-refractivity contribution in [2.24, 2.45) is 5.92 Å². The van der Waals surface area contributed by atoms with Gasteiger partial charge in [-0.05, 0) is 49.5 Å². The van der Waals surface area contributed by atoms with Crippen LogP contribution in [-0.2, 0) is 11.2 Å². The highest BCUT2D eigenvalue weighted by Gasteiger charge is 2.26. The van der Waals surface area contributed by atoms with E-state index in [0.29, 0.717) is 11.5 Å². The second-order valence-electron chi connectivity index (χ2n) is 6.75. The minimum Gasteiger partial charge on any atom is -0.341 e. The van der Waals surface area contributed by atoms with Crippen molar-refractivity contribution >= 4 is 5.91 Å². The lowest BCUT2D eigenvalue weighted by Gasteiger charge is -2.34. The lowest BCUT2D eigenvalue weighted by molar-refractivity contribution is -0.132. The van der Waals surface area contributed by atoms with Gasteiger partial charge < -0.3 is 9.80 Å². The van der Waals surface area contributed by atoms with Gasteiger partial charge in [-0.1, -0.05) is 19.9 Å². The molecule has 0 unspecified atom stereocenters. The van der Waals surface area contributed by atoms with E-state index in [0.717, 1.165) is 31.8 Å². The summed E-state index contributed by atoms with van der Waals surface area (Å²) in [4.78, 5) is 16.7. The number of amides is 1. The first kappa shape index (κ1) is 17.9. The van der Waals surface area contributed by atoms with Crippen LogP contribution in [0.5, 0.6) is 0 Å². The highest BCUT2D eigenvalue weighted by atomic mass is 19.2. The largest absolute Gasteiger partial charge is 0.341 e. The van der Waals surface area contributed by atoms with E-state index >= 15 is 0 Å². The Labute approximate surface area is 137 Å². The highest BCUT2D eigenvalue weighted by molar-refractivity contribution is 5.78. The van der Waals surface area contributed by atoms with Gasteiger partial charge in [-0.3, -0.25) is 4.79 Å². The summed E-state index contributed by atoms with van der Waals surface area (Å²) >= 11 is 0. The fourth-order valence-electron chi connectivity index (χ4n) is 3.14. The number of hydrogen-bond acceptors (Lipinski definition) is 2. The Kier molecular flexibility index (Phi) is 6.10. The van der Waals surface area contributed by atoms with Crippen LogP contribution in [0.1, 0.15) is 32.3 Å². The first-order valence-corrected chi connectivity index (χ1v) is 8.30. The summed E-state index contributed by atoms with van der Waals surface area (Å²) < 4.78 is 26.3. The summed E-state index contributed by atoms with van der Waals surface area (Å²) in [7, 11) is 1.81. The van der Waals surface area contributed by atoms with Gasteiger partial charge in [-0.2, -0.15) is 0 Å². The summed E-state index contributed by atoms with van der Waals surface area (Å²) in [5, 5.41) is 0. The monoisotopic (exact) mass is 324 g/mol. The molecule has 1 aromatic rings. The first-order chi connectivity index (χ1) is 10.9. The maximum absolute atomic E-state index is 13.3. The average Bonchev–Trinajstić information content (AvgIpc) is 3.00. The molecular formula is C18H26F2N2O. The summed E-state index contributed by atoms with van der Waals surface area (Å²) in [6.07, 6.45) is 2.53. The van der Waals surface area contributed by atoms with Crippen LogP contribution in [0.4, 0.5) is 8.78 Å². The van der Waals surface area contributed by atoms with Gasteiger partial charge in [0.05, 0.1) is 6.42 Å². The zero-order chi connectivity index (χ0) is 17.0. The van der Waals surface area contributed by atoms with E-state index in [4.69, 9.17) is 0 Å². The number of rotatable bonds is 6. The highest BCUT2D eigenvalue weighted by Crippen LogP contribution is 2.17. The molecule has 0 spiro atoms. The maximum Gasteiger partial charge on any atom is 0.227 e. The fourth-order valence-corrected chi connectivity index (χ4v) is 3.14. The predicted molar refractivity (Wildman–Crippen MR) is 87.1 cm³/mol. The molecule has 0 saturated carbocycles. The van der Waals surface area contributed by atoms with Crippen molar-refractivity contribution in [2.75, 3.05) is 26.7 Å². The SMILES string of the molecule is CC(C)[C@@H](CN1CCCC1)N(C)C(=O)Cc1ccc(F)c(F)c1. The molecule has 2 rings (SSSR count). The van der Waals surface area contributed by atoms with Gasteiger partial charge in [0.2, 0.25) is 5.91 Å². The van der Waals surface area contributed by atoms with Crippen molar-refractivity contribution in [1.29, 1.82) is 0 Å². The van der Waals surface area contributed by atoms with E-state index in [1.807, 2.05) is 7.05 Å². The van der Waals surface area contributed by atoms with Crippen molar-refractivity contribution in [3.05, 3.63) is 35.4 Å². The van der Waals surface area contributed by atoms with Gasteiger partial charge in [0.25, 0.3) is 0 Å². The van der Waals surface area contributed by atoms with Gasteiger partial charge in [0.15, 0.2) is 11.6 Å². The molecule has 0 N–H and O–H groups in total. The number of likely N-dealkylation sites (N-methyl/N-ethyl adjacent to an activating group) is 1. The van der Waals surface area contributed by atoms with Crippen molar-refractivity contribution in [3.63, 3.8) is 0 Å². The molecule has 1 saturated heterocycles. The number of halogens is 2. The molecule has 1 amide bonds. The number of likely N-dealkylation sites (tertiary alicyclic amines) is 1. The number of nitrogens with zero attached hydrogens (tertiary/aromatic N) is 2. The van der Waals surface area contributed by atoms with E-state index in [-0.39, 0.29) is 18.4 Å². The lowest BCUT2D eigenvalue weighted by Crippen LogP contribution is -2.47. The number of benzene rings is 1. The van der Waals surface area contributed by atoms with Crippen LogP contribution in [0, 0.1) is 17.6 Å². The predicted octanol–water partition coefficient (Wildman–Crippen LogP) is 3.09. The Morgan fingerprint density at radius 2 is 1.87 bits per heavy atom. The van der Waals surface area contributed by atoms with Gasteiger partial charge in [-0.15, -0.1) is 0 Å². The fraction of sp³-hybridized carbons (Fsp3) is 0.611. The van der Waals surface area contributed by atoms with Gasteiger partial charge in [0.1, 0.15) is 0 Å². The summed E-state index contributed by atoms with van der Waals surface area (Å²) in [5.41, 5.74) is 0.504. The lowest BCUT2D eigenvalue weighted by atomic mass is 10.0. The molecule has 1 heterocycles. The number of hydrogen-bond donors (Lipinski definition) is 0. The third kappa shape index (κ3) is 4.74. The molecule has 0 radical (unpaired) electrons. The standard InChI is InChI=1S/C18H26F2N2O/c1-13(2)17(12-22-8-4-5-9-22)21(3)18(23)11-14-6-7-15(19)16(20)10-14/h6-7,10,13,17H,4-5,8-9,11-12H2,1-3H3/t17-/m1/s1. The topological polar surface area (TPSA) is 23.6 Å². The van der Waals surface area contributed by atoms with Gasteiger partial charge in [0, 0.05) is 19.6 Å². The van der Waals surface area contributed by atoms with Crippen LogP contribution in [0.2, 0.25) is 0 Å². The van der Waals surface area contributed by atoms with Crippen LogP contribution in [0.15, 0.2) is 18.2 Å². The number of carbonyl (C=O) groups is 1. The molecule has 3 nitrogen and oxygen atoms in total. The van der Waals surface area contributed by atoms with Crippen LogP contribution < -0.4 is 0 Å². The zero-order valence-electron chi connectivity index (χ0n) is 14.2. The Bertz CT molecular complexity index is 542. The normalized spacial score (nSPS) is 16.8. The molecular weight excluding hydrogens is 298 g/mol. The van der Waals surface area contributed by atoms with Gasteiger partial charge >= 0.3 is 0 Å². The average molecular weight is 324 g/mol. The van der Waals surface area contributed by atoms with Crippen molar-refractivity contribution in [1.82, 2.24) is 9.80 Å². The van der Waals surface area contributed by atoms with Crippen LogP contribution in [-0.4, -0.2) is 48.4 Å². The van der Waals surface area contributed by atoms with E-state index < -0.39 is 11.6 Å². The van der Waals surface area contributed by atoms with Crippen LogP contribution >= 0.6 is 0 Å². The van der Waals surface area contributed by atoms with Crippen LogP contribution in [0.3, 0.4) is 0 Å². The molecule has 128 valence electrons. The molecule has 1 aliphatic heterocycles. The molecule has 5 heteroatoms. The molecule has 1 aromatic carbocycles. The Morgan fingerprint density at radius 3 is 2.43 bits per heavy atom. The Morgan fingerprint density at radius 1 is 1.22 bits per heavy atom. The first-order valence-electron chi connectivity index (χ1n) is 8.30. The van der Waals surface area contributed by atoms with E-state index in [2.05, 4.69) is 18.7 Å². The minimum atomic E-state index is -0.907. The smallest absolute Gasteiger partial charge is 0.227 e. The van der Waals surface area contributed by atoms with Crippen molar-refractivity contribution in [3.8, 4) is 0 Å². The number of carbonyl (C=O) groups excluding carboxylic acids is 1. The van der Waals surface area contributed by atoms with E-state index in [1.54, 1.807) is 4.90 Å².